The summed E-state index contributed by atoms with van der Waals surface area (Å²) >= 11 is 5.86. The van der Waals surface area contributed by atoms with Crippen molar-refractivity contribution in [2.75, 3.05) is 19.0 Å². The molecule has 1 aromatic heterocycles. The van der Waals surface area contributed by atoms with Crippen molar-refractivity contribution in [3.63, 3.8) is 0 Å². The second kappa shape index (κ2) is 7.85. The molecule has 0 fully saturated rings. The summed E-state index contributed by atoms with van der Waals surface area (Å²) in [7, 11) is 1.43. The van der Waals surface area contributed by atoms with Gasteiger partial charge in [0.25, 0.3) is 0 Å². The van der Waals surface area contributed by atoms with Crippen LogP contribution < -0.4 is 15.4 Å². The Kier molecular flexibility index (Phi) is 5.83. The Hall–Kier alpha value is -2.51. The van der Waals surface area contributed by atoms with Crippen molar-refractivity contribution >= 4 is 29.1 Å². The summed E-state index contributed by atoms with van der Waals surface area (Å²) < 4.78 is 10.3. The van der Waals surface area contributed by atoms with E-state index in [1.54, 1.807) is 31.2 Å². The lowest BCUT2D eigenvalue weighted by Crippen LogP contribution is -2.37. The highest BCUT2D eigenvalue weighted by atomic mass is 35.5. The molecule has 2 aromatic rings. The second-order valence-corrected chi connectivity index (χ2v) is 5.41. The molecule has 1 heterocycles. The average Bonchev–Trinajstić information content (AvgIpc) is 2.99. The number of carbonyl (C=O) groups is 2. The van der Waals surface area contributed by atoms with Crippen LogP contribution in [0.25, 0.3) is 0 Å². The number of halogens is 1. The fraction of sp³-hybridized carbons (Fsp3) is 0.250. The molecule has 2 rings (SSSR count). The van der Waals surface area contributed by atoms with Gasteiger partial charge in [-0.25, -0.2) is 0 Å². The molecule has 0 saturated heterocycles. The van der Waals surface area contributed by atoms with Crippen molar-refractivity contribution in [2.45, 2.75) is 13.0 Å². The third-order valence-corrected chi connectivity index (χ3v) is 3.40. The fourth-order valence-corrected chi connectivity index (χ4v) is 2.13. The number of benzene rings is 1. The highest BCUT2D eigenvalue weighted by molar-refractivity contribution is 6.40. The molecule has 0 aliphatic carbocycles. The molecule has 0 aliphatic rings. The number of anilines is 1. The van der Waals surface area contributed by atoms with E-state index in [9.17, 15) is 14.7 Å². The Morgan fingerprint density at radius 1 is 1.29 bits per heavy atom. The number of hydrogen-bond acceptors (Lipinski definition) is 5. The molecular weight excluding hydrogens is 336 g/mol. The van der Waals surface area contributed by atoms with E-state index < -0.39 is 17.9 Å². The van der Waals surface area contributed by atoms with Crippen LogP contribution in [0, 0.1) is 6.92 Å². The number of rotatable bonds is 5. The minimum atomic E-state index is -1.05. The quantitative estimate of drug-likeness (QED) is 0.715. The van der Waals surface area contributed by atoms with E-state index in [2.05, 4.69) is 10.6 Å². The second-order valence-electron chi connectivity index (χ2n) is 4.97. The van der Waals surface area contributed by atoms with Crippen molar-refractivity contribution in [2.24, 2.45) is 0 Å². The maximum atomic E-state index is 11.9. The predicted molar refractivity (Wildman–Crippen MR) is 88.0 cm³/mol. The number of furan rings is 1. The molecule has 2 amide bonds. The predicted octanol–water partition coefficient (Wildman–Crippen LogP) is 2.04. The molecule has 0 spiro atoms. The monoisotopic (exact) mass is 352 g/mol. The summed E-state index contributed by atoms with van der Waals surface area (Å²) in [4.78, 5) is 23.8. The maximum Gasteiger partial charge on any atom is 0.313 e. The average molecular weight is 353 g/mol. The van der Waals surface area contributed by atoms with Crippen LogP contribution in [0.3, 0.4) is 0 Å². The van der Waals surface area contributed by atoms with Gasteiger partial charge in [-0.2, -0.15) is 0 Å². The summed E-state index contributed by atoms with van der Waals surface area (Å²) in [6.45, 7) is 1.58. The maximum absolute atomic E-state index is 11.9. The molecular formula is C16H17ClN2O5. The van der Waals surface area contributed by atoms with E-state index in [4.69, 9.17) is 20.8 Å². The SMILES string of the molecule is COc1ccc(Cl)cc1NC(=O)C(=O)NC[C@@H](O)c1ccc(C)o1. The van der Waals surface area contributed by atoms with Crippen molar-refractivity contribution in [1.82, 2.24) is 5.32 Å². The van der Waals surface area contributed by atoms with Gasteiger partial charge in [-0.3, -0.25) is 9.59 Å². The number of aliphatic hydroxyl groups is 1. The molecule has 8 heteroatoms. The summed E-state index contributed by atoms with van der Waals surface area (Å²) in [6, 6.07) is 7.92. The molecule has 0 saturated carbocycles. The number of aryl methyl sites for hydroxylation is 1. The molecule has 24 heavy (non-hydrogen) atoms. The lowest BCUT2D eigenvalue weighted by molar-refractivity contribution is -0.136. The molecule has 0 bridgehead atoms. The third kappa shape index (κ3) is 4.50. The van der Waals surface area contributed by atoms with Crippen molar-refractivity contribution in [3.8, 4) is 5.75 Å². The van der Waals surface area contributed by atoms with Crippen molar-refractivity contribution in [1.29, 1.82) is 0 Å². The molecule has 1 aromatic carbocycles. The number of nitrogens with one attached hydrogen (secondary N) is 2. The van der Waals surface area contributed by atoms with Crippen LogP contribution in [0.4, 0.5) is 5.69 Å². The Morgan fingerprint density at radius 2 is 2.04 bits per heavy atom. The first-order valence-electron chi connectivity index (χ1n) is 7.08. The zero-order valence-electron chi connectivity index (χ0n) is 13.1. The van der Waals surface area contributed by atoms with Crippen molar-refractivity contribution < 1.29 is 23.8 Å². The van der Waals surface area contributed by atoms with E-state index in [-0.39, 0.29) is 12.2 Å². The Bertz CT molecular complexity index is 744. The summed E-state index contributed by atoms with van der Waals surface area (Å²) in [5, 5.41) is 15.0. The zero-order chi connectivity index (χ0) is 17.7. The molecule has 1 atom stereocenters. The number of hydrogen-bond donors (Lipinski definition) is 3. The first kappa shape index (κ1) is 17.8. The van der Waals surface area contributed by atoms with Gasteiger partial charge in [0, 0.05) is 5.02 Å². The van der Waals surface area contributed by atoms with E-state index in [1.807, 2.05) is 0 Å². The lowest BCUT2D eigenvalue weighted by atomic mass is 10.2. The molecule has 128 valence electrons. The van der Waals surface area contributed by atoms with E-state index in [0.29, 0.717) is 22.3 Å². The van der Waals surface area contributed by atoms with Gasteiger partial charge in [-0.05, 0) is 37.3 Å². The largest absolute Gasteiger partial charge is 0.495 e. The minimum absolute atomic E-state index is 0.161. The summed E-state index contributed by atoms with van der Waals surface area (Å²) in [6.07, 6.45) is -1.05. The first-order valence-corrected chi connectivity index (χ1v) is 7.45. The van der Waals surface area contributed by atoms with Crippen LogP contribution in [-0.4, -0.2) is 30.6 Å². The van der Waals surface area contributed by atoms with Gasteiger partial charge in [0.1, 0.15) is 23.4 Å². The standard InChI is InChI=1S/C16H17ClN2O5/c1-9-3-5-14(24-9)12(20)8-18-15(21)16(22)19-11-7-10(17)4-6-13(11)23-2/h3-7,12,20H,8H2,1-2H3,(H,18,21)(H,19,22)/t12-/m1/s1. The molecule has 3 N–H and O–H groups in total. The van der Waals surface area contributed by atoms with Gasteiger partial charge in [0.15, 0.2) is 0 Å². The Morgan fingerprint density at radius 3 is 2.67 bits per heavy atom. The van der Waals surface area contributed by atoms with Crippen LogP contribution in [0.2, 0.25) is 5.02 Å². The van der Waals surface area contributed by atoms with Gasteiger partial charge < -0.3 is 24.9 Å². The zero-order valence-corrected chi connectivity index (χ0v) is 13.9. The van der Waals surface area contributed by atoms with Gasteiger partial charge >= 0.3 is 11.8 Å². The molecule has 0 radical (unpaired) electrons. The van der Waals surface area contributed by atoms with Gasteiger partial charge in [0.05, 0.1) is 19.3 Å². The number of methoxy groups -OCH3 is 1. The van der Waals surface area contributed by atoms with Gasteiger partial charge in [-0.15, -0.1) is 0 Å². The Balaban J connectivity index is 1.93. The normalized spacial score (nSPS) is 11.7. The van der Waals surface area contributed by atoms with Crippen LogP contribution in [0.15, 0.2) is 34.7 Å². The molecule has 0 unspecified atom stereocenters. The van der Waals surface area contributed by atoms with Crippen LogP contribution in [0.5, 0.6) is 5.75 Å². The fourth-order valence-electron chi connectivity index (χ4n) is 1.96. The van der Waals surface area contributed by atoms with E-state index >= 15 is 0 Å². The van der Waals surface area contributed by atoms with Crippen molar-refractivity contribution in [3.05, 3.63) is 46.9 Å². The number of ether oxygens (including phenoxy) is 1. The summed E-state index contributed by atoms with van der Waals surface area (Å²) in [5.41, 5.74) is 0.271. The number of amides is 2. The third-order valence-electron chi connectivity index (χ3n) is 3.16. The topological polar surface area (TPSA) is 101 Å². The van der Waals surface area contributed by atoms with E-state index in [1.165, 1.54) is 13.2 Å². The molecule has 0 aliphatic heterocycles. The lowest BCUT2D eigenvalue weighted by Gasteiger charge is -2.12. The van der Waals surface area contributed by atoms with Crippen LogP contribution in [0.1, 0.15) is 17.6 Å². The Labute approximate surface area is 143 Å². The highest BCUT2D eigenvalue weighted by Gasteiger charge is 2.19. The number of carbonyl (C=O) groups excluding carboxylic acids is 2. The summed E-state index contributed by atoms with van der Waals surface area (Å²) in [5.74, 6) is -0.490. The van der Waals surface area contributed by atoms with Crippen LogP contribution >= 0.6 is 11.6 Å². The van der Waals surface area contributed by atoms with E-state index in [0.717, 1.165) is 0 Å². The molecule has 7 nitrogen and oxygen atoms in total. The highest BCUT2D eigenvalue weighted by Crippen LogP contribution is 2.27. The van der Waals surface area contributed by atoms with Gasteiger partial charge in [-0.1, -0.05) is 11.6 Å². The van der Waals surface area contributed by atoms with Crippen LogP contribution in [-0.2, 0) is 9.59 Å². The smallest absolute Gasteiger partial charge is 0.313 e. The van der Waals surface area contributed by atoms with Gasteiger partial charge in [0.2, 0.25) is 0 Å². The first-order chi connectivity index (χ1) is 11.4. The minimum Gasteiger partial charge on any atom is -0.495 e. The number of aliphatic hydroxyl groups excluding tert-OH is 1.